The SMILES string of the molecule is COc1ccc(/C(O)=C2\C(=O)C(=O)N(CCCN3CCOCC3)[C@@H]2c2ccc(C)cc2)c(C)c1. The van der Waals surface area contributed by atoms with Crippen LogP contribution in [-0.2, 0) is 14.3 Å². The van der Waals surface area contributed by atoms with Gasteiger partial charge in [-0.2, -0.15) is 0 Å². The molecule has 2 aromatic carbocycles. The van der Waals surface area contributed by atoms with Gasteiger partial charge in [0.2, 0.25) is 0 Å². The smallest absolute Gasteiger partial charge is 0.295 e. The first-order valence-corrected chi connectivity index (χ1v) is 11.7. The summed E-state index contributed by atoms with van der Waals surface area (Å²) >= 11 is 0. The number of aliphatic hydroxyl groups excluding tert-OH is 1. The van der Waals surface area contributed by atoms with Gasteiger partial charge in [-0.1, -0.05) is 29.8 Å². The number of hydrogen-bond donors (Lipinski definition) is 1. The van der Waals surface area contributed by atoms with E-state index in [1.54, 1.807) is 30.2 Å². The van der Waals surface area contributed by atoms with Gasteiger partial charge in [0, 0.05) is 31.7 Å². The van der Waals surface area contributed by atoms with Crippen molar-refractivity contribution in [1.82, 2.24) is 9.80 Å². The van der Waals surface area contributed by atoms with Crippen LogP contribution >= 0.6 is 0 Å². The lowest BCUT2D eigenvalue weighted by Crippen LogP contribution is -2.38. The number of Topliss-reactive ketones (excluding diaryl/α,β-unsaturated/α-hetero) is 1. The molecular formula is C27H32N2O5. The Labute approximate surface area is 200 Å². The second-order valence-electron chi connectivity index (χ2n) is 8.89. The van der Waals surface area contributed by atoms with E-state index in [0.717, 1.165) is 56.0 Å². The number of morpholine rings is 1. The zero-order valence-electron chi connectivity index (χ0n) is 20.0. The van der Waals surface area contributed by atoms with Crippen LogP contribution < -0.4 is 4.74 Å². The molecule has 0 unspecified atom stereocenters. The Morgan fingerprint density at radius 1 is 1.06 bits per heavy atom. The molecule has 4 rings (SSSR count). The number of rotatable bonds is 7. The number of carbonyl (C=O) groups excluding carboxylic acids is 2. The van der Waals surface area contributed by atoms with Crippen molar-refractivity contribution in [3.63, 3.8) is 0 Å². The first kappa shape index (κ1) is 24.0. The minimum atomic E-state index is -0.648. The highest BCUT2D eigenvalue weighted by Crippen LogP contribution is 2.40. The van der Waals surface area contributed by atoms with Crippen molar-refractivity contribution < 1.29 is 24.2 Å². The minimum absolute atomic E-state index is 0.133. The van der Waals surface area contributed by atoms with E-state index in [4.69, 9.17) is 9.47 Å². The number of aliphatic hydroxyl groups is 1. The summed E-state index contributed by atoms with van der Waals surface area (Å²) in [5.41, 5.74) is 3.30. The van der Waals surface area contributed by atoms with Gasteiger partial charge in [0.15, 0.2) is 0 Å². The molecule has 2 aliphatic heterocycles. The van der Waals surface area contributed by atoms with Gasteiger partial charge in [-0.3, -0.25) is 14.5 Å². The third-order valence-corrected chi connectivity index (χ3v) is 6.60. The second-order valence-corrected chi connectivity index (χ2v) is 8.89. The molecule has 2 aliphatic rings. The molecule has 7 nitrogen and oxygen atoms in total. The Morgan fingerprint density at radius 3 is 2.41 bits per heavy atom. The first-order valence-electron chi connectivity index (χ1n) is 11.7. The van der Waals surface area contributed by atoms with Crippen LogP contribution in [0, 0.1) is 13.8 Å². The topological polar surface area (TPSA) is 79.3 Å². The fourth-order valence-electron chi connectivity index (χ4n) is 4.67. The largest absolute Gasteiger partial charge is 0.507 e. The fraction of sp³-hybridized carbons (Fsp3) is 0.407. The Morgan fingerprint density at radius 2 is 1.76 bits per heavy atom. The predicted molar refractivity (Wildman–Crippen MR) is 130 cm³/mol. The highest BCUT2D eigenvalue weighted by atomic mass is 16.5. The molecule has 0 aliphatic carbocycles. The molecule has 2 saturated heterocycles. The van der Waals surface area contributed by atoms with Crippen molar-refractivity contribution in [1.29, 1.82) is 0 Å². The van der Waals surface area contributed by atoms with Crippen LogP contribution in [0.4, 0.5) is 0 Å². The van der Waals surface area contributed by atoms with Gasteiger partial charge < -0.3 is 19.5 Å². The molecule has 0 radical (unpaired) electrons. The molecule has 2 aromatic rings. The molecule has 2 heterocycles. The molecule has 0 saturated carbocycles. The Kier molecular flexibility index (Phi) is 7.34. The van der Waals surface area contributed by atoms with Crippen LogP contribution in [-0.4, -0.2) is 73.1 Å². The lowest BCUT2D eigenvalue weighted by molar-refractivity contribution is -0.140. The molecule has 1 amide bonds. The Bertz CT molecular complexity index is 1090. The van der Waals surface area contributed by atoms with Crippen LogP contribution in [0.2, 0.25) is 0 Å². The fourth-order valence-corrected chi connectivity index (χ4v) is 4.67. The van der Waals surface area contributed by atoms with Gasteiger partial charge >= 0.3 is 0 Å². The van der Waals surface area contributed by atoms with Crippen molar-refractivity contribution in [3.8, 4) is 5.75 Å². The minimum Gasteiger partial charge on any atom is -0.507 e. The quantitative estimate of drug-likeness (QED) is 0.384. The molecule has 2 fully saturated rings. The summed E-state index contributed by atoms with van der Waals surface area (Å²) < 4.78 is 10.7. The van der Waals surface area contributed by atoms with Crippen molar-refractivity contribution in [2.75, 3.05) is 46.5 Å². The maximum Gasteiger partial charge on any atom is 0.295 e. The van der Waals surface area contributed by atoms with Crippen LogP contribution in [0.15, 0.2) is 48.0 Å². The van der Waals surface area contributed by atoms with Crippen molar-refractivity contribution in [2.24, 2.45) is 0 Å². The van der Waals surface area contributed by atoms with Crippen LogP contribution in [0.25, 0.3) is 5.76 Å². The molecular weight excluding hydrogens is 432 g/mol. The van der Waals surface area contributed by atoms with Crippen LogP contribution in [0.3, 0.4) is 0 Å². The van der Waals surface area contributed by atoms with Crippen molar-refractivity contribution >= 4 is 17.4 Å². The lowest BCUT2D eigenvalue weighted by atomic mass is 9.93. The molecule has 180 valence electrons. The number of amides is 1. The summed E-state index contributed by atoms with van der Waals surface area (Å²) in [6.45, 7) is 8.27. The summed E-state index contributed by atoms with van der Waals surface area (Å²) in [4.78, 5) is 30.3. The van der Waals surface area contributed by atoms with E-state index in [0.29, 0.717) is 17.9 Å². The second kappa shape index (κ2) is 10.4. The van der Waals surface area contributed by atoms with Crippen molar-refractivity contribution in [3.05, 3.63) is 70.3 Å². The standard InChI is InChI=1S/C27H32N2O5/c1-18-5-7-20(8-6-18)24-23(25(30)22-10-9-21(33-3)17-19(22)2)26(31)27(32)29(24)12-4-11-28-13-15-34-16-14-28/h5-10,17,24,30H,4,11-16H2,1-3H3/b25-23+/t24-/m1/s1. The van der Waals surface area contributed by atoms with Gasteiger partial charge in [0.05, 0.1) is 31.9 Å². The summed E-state index contributed by atoms with van der Waals surface area (Å²) in [5, 5.41) is 11.3. The van der Waals surface area contributed by atoms with E-state index in [9.17, 15) is 14.7 Å². The van der Waals surface area contributed by atoms with Gasteiger partial charge in [-0.05, 0) is 49.6 Å². The maximum atomic E-state index is 13.2. The summed E-state index contributed by atoms with van der Waals surface area (Å²) in [6.07, 6.45) is 0.733. The lowest BCUT2D eigenvalue weighted by Gasteiger charge is -2.29. The molecule has 0 aromatic heterocycles. The number of nitrogens with zero attached hydrogens (tertiary/aromatic N) is 2. The highest BCUT2D eigenvalue weighted by molar-refractivity contribution is 6.46. The maximum absolute atomic E-state index is 13.2. The molecule has 1 atom stereocenters. The third kappa shape index (κ3) is 4.86. The monoisotopic (exact) mass is 464 g/mol. The van der Waals surface area contributed by atoms with Crippen molar-refractivity contribution in [2.45, 2.75) is 26.3 Å². The van der Waals surface area contributed by atoms with Gasteiger partial charge in [0.25, 0.3) is 11.7 Å². The Hall–Kier alpha value is -3.16. The van der Waals surface area contributed by atoms with Gasteiger partial charge in [-0.25, -0.2) is 0 Å². The van der Waals surface area contributed by atoms with E-state index in [-0.39, 0.29) is 11.3 Å². The number of hydrogen-bond acceptors (Lipinski definition) is 6. The third-order valence-electron chi connectivity index (χ3n) is 6.60. The summed E-state index contributed by atoms with van der Waals surface area (Å²) in [6, 6.07) is 12.4. The number of benzene rings is 2. The number of methoxy groups -OCH3 is 1. The molecule has 34 heavy (non-hydrogen) atoms. The number of likely N-dealkylation sites (tertiary alicyclic amines) is 1. The number of ketones is 1. The number of ether oxygens (including phenoxy) is 2. The van der Waals surface area contributed by atoms with E-state index >= 15 is 0 Å². The zero-order valence-corrected chi connectivity index (χ0v) is 20.0. The van der Waals surface area contributed by atoms with E-state index < -0.39 is 17.7 Å². The van der Waals surface area contributed by atoms with Crippen LogP contribution in [0.1, 0.15) is 34.7 Å². The summed E-state index contributed by atoms with van der Waals surface area (Å²) in [7, 11) is 1.58. The average molecular weight is 465 g/mol. The molecule has 0 spiro atoms. The predicted octanol–water partition coefficient (Wildman–Crippen LogP) is 3.46. The Balaban J connectivity index is 1.69. The molecule has 0 bridgehead atoms. The summed E-state index contributed by atoms with van der Waals surface area (Å²) in [5.74, 6) is -0.711. The van der Waals surface area contributed by atoms with Crippen LogP contribution in [0.5, 0.6) is 5.75 Å². The average Bonchev–Trinajstić information content (AvgIpc) is 3.09. The number of carbonyl (C=O) groups is 2. The van der Waals surface area contributed by atoms with E-state index in [1.165, 1.54) is 0 Å². The van der Waals surface area contributed by atoms with Gasteiger partial charge in [-0.15, -0.1) is 0 Å². The van der Waals surface area contributed by atoms with Gasteiger partial charge in [0.1, 0.15) is 11.5 Å². The first-order chi connectivity index (χ1) is 16.4. The normalized spacial score (nSPS) is 20.7. The molecule has 1 N–H and O–H groups in total. The zero-order chi connectivity index (χ0) is 24.2. The molecule has 7 heteroatoms. The van der Waals surface area contributed by atoms with E-state index in [1.807, 2.05) is 38.1 Å². The number of aryl methyl sites for hydroxylation is 2. The van der Waals surface area contributed by atoms with E-state index in [2.05, 4.69) is 4.90 Å². The highest BCUT2D eigenvalue weighted by Gasteiger charge is 2.45.